The molecule has 0 radical (unpaired) electrons. The molecule has 0 atom stereocenters. The SMILES string of the molecule is C[Se]CCl. The van der Waals surface area contributed by atoms with Gasteiger partial charge in [0.05, 0.1) is 0 Å². The van der Waals surface area contributed by atoms with E-state index in [1.54, 1.807) is 0 Å². The van der Waals surface area contributed by atoms with Crippen molar-refractivity contribution in [2.75, 3.05) is 4.78 Å². The number of hydrogen-bond acceptors (Lipinski definition) is 0. The summed E-state index contributed by atoms with van der Waals surface area (Å²) in [7, 11) is 0. The van der Waals surface area contributed by atoms with Gasteiger partial charge in [-0.3, -0.25) is 0 Å². The molecule has 0 spiro atoms. The van der Waals surface area contributed by atoms with E-state index in [0.717, 1.165) is 4.78 Å². The molecule has 0 aromatic rings. The predicted octanol–water partition coefficient (Wildman–Crippen LogP) is 0.935. The van der Waals surface area contributed by atoms with Crippen molar-refractivity contribution in [3.63, 3.8) is 0 Å². The molecule has 0 aliphatic rings. The van der Waals surface area contributed by atoms with E-state index >= 15 is 0 Å². The normalized spacial score (nSPS) is 7.50. The van der Waals surface area contributed by atoms with Crippen molar-refractivity contribution in [2.45, 2.75) is 5.82 Å². The van der Waals surface area contributed by atoms with Crippen LogP contribution in [0.3, 0.4) is 0 Å². The zero-order valence-corrected chi connectivity index (χ0v) is 4.96. The van der Waals surface area contributed by atoms with Crippen LogP contribution in [0.15, 0.2) is 0 Å². The molecule has 0 aromatic carbocycles. The summed E-state index contributed by atoms with van der Waals surface area (Å²) in [5.41, 5.74) is 0. The Morgan fingerprint density at radius 2 is 2.25 bits per heavy atom. The molecule has 2 heteroatoms. The van der Waals surface area contributed by atoms with E-state index < -0.39 is 0 Å². The average molecular weight is 143 g/mol. The second kappa shape index (κ2) is 3.81. The van der Waals surface area contributed by atoms with Crippen LogP contribution in [0.4, 0.5) is 0 Å². The van der Waals surface area contributed by atoms with Gasteiger partial charge in [0, 0.05) is 0 Å². The summed E-state index contributed by atoms with van der Waals surface area (Å²) < 4.78 is 0.854. The van der Waals surface area contributed by atoms with Gasteiger partial charge >= 0.3 is 37.2 Å². The maximum atomic E-state index is 5.21. The fourth-order valence-electron chi connectivity index (χ4n) is 0. The van der Waals surface area contributed by atoms with Crippen molar-refractivity contribution in [1.82, 2.24) is 0 Å². The van der Waals surface area contributed by atoms with Crippen LogP contribution in [-0.4, -0.2) is 19.7 Å². The first-order chi connectivity index (χ1) is 1.91. The first-order valence-electron chi connectivity index (χ1n) is 0.964. The third-order valence-corrected chi connectivity index (χ3v) is 1.70. The average Bonchev–Trinajstić information content (AvgIpc) is 1.37. The van der Waals surface area contributed by atoms with Gasteiger partial charge in [-0.05, 0) is 0 Å². The third-order valence-electron chi connectivity index (χ3n) is 0.109. The fourth-order valence-corrected chi connectivity index (χ4v) is 0. The van der Waals surface area contributed by atoms with Crippen molar-refractivity contribution in [1.29, 1.82) is 0 Å². The van der Waals surface area contributed by atoms with Crippen molar-refractivity contribution in [3.8, 4) is 0 Å². The van der Waals surface area contributed by atoms with Crippen molar-refractivity contribution in [3.05, 3.63) is 0 Å². The summed E-state index contributed by atoms with van der Waals surface area (Å²) in [5, 5.41) is 0. The summed E-state index contributed by atoms with van der Waals surface area (Å²) in [6.45, 7) is 0. The van der Waals surface area contributed by atoms with Gasteiger partial charge < -0.3 is 0 Å². The summed E-state index contributed by atoms with van der Waals surface area (Å²) in [6, 6.07) is 0. The molecule has 0 fully saturated rings. The molecule has 0 rings (SSSR count). The fraction of sp³-hybridized carbons (Fsp3) is 1.00. The van der Waals surface area contributed by atoms with E-state index in [1.165, 1.54) is 0 Å². The van der Waals surface area contributed by atoms with E-state index in [1.807, 2.05) is 0 Å². The van der Waals surface area contributed by atoms with Crippen LogP contribution in [0.2, 0.25) is 5.82 Å². The monoisotopic (exact) mass is 144 g/mol. The predicted molar refractivity (Wildman–Crippen MR) is 22.3 cm³/mol. The summed E-state index contributed by atoms with van der Waals surface area (Å²) in [4.78, 5) is 0. The van der Waals surface area contributed by atoms with Crippen molar-refractivity contribution in [2.24, 2.45) is 0 Å². The molecule has 0 nitrogen and oxygen atoms in total. The van der Waals surface area contributed by atoms with Gasteiger partial charge in [0.25, 0.3) is 0 Å². The van der Waals surface area contributed by atoms with Crippen molar-refractivity contribution >= 4 is 26.6 Å². The molecule has 26 valence electrons. The Bertz CT molecular complexity index is 8.00. The number of rotatable bonds is 1. The summed E-state index contributed by atoms with van der Waals surface area (Å²) >= 11 is 5.90. The molecule has 0 unspecified atom stereocenters. The molecule has 0 heterocycles. The first-order valence-corrected chi connectivity index (χ1v) is 4.42. The summed E-state index contributed by atoms with van der Waals surface area (Å²) in [5.74, 6) is 2.11. The molecule has 0 saturated heterocycles. The van der Waals surface area contributed by atoms with E-state index in [9.17, 15) is 0 Å². The molecule has 4 heavy (non-hydrogen) atoms. The Balaban J connectivity index is 1.97. The Kier molecular flexibility index (Phi) is 4.58. The summed E-state index contributed by atoms with van der Waals surface area (Å²) in [6.07, 6.45) is 0. The molecule has 0 aliphatic heterocycles. The van der Waals surface area contributed by atoms with Gasteiger partial charge in [-0.25, -0.2) is 0 Å². The Morgan fingerprint density at radius 3 is 2.25 bits per heavy atom. The van der Waals surface area contributed by atoms with Crippen LogP contribution in [0.5, 0.6) is 0 Å². The topological polar surface area (TPSA) is 0 Å². The van der Waals surface area contributed by atoms with Crippen LogP contribution >= 0.6 is 11.6 Å². The van der Waals surface area contributed by atoms with Gasteiger partial charge in [-0.2, -0.15) is 0 Å². The Hall–Kier alpha value is 0.809. The van der Waals surface area contributed by atoms with Gasteiger partial charge in [-0.1, -0.05) is 0 Å². The molecule has 0 aliphatic carbocycles. The van der Waals surface area contributed by atoms with Gasteiger partial charge in [0.1, 0.15) is 0 Å². The van der Waals surface area contributed by atoms with E-state index in [0.29, 0.717) is 15.0 Å². The molecule has 0 amide bonds. The van der Waals surface area contributed by atoms with Gasteiger partial charge in [-0.15, -0.1) is 0 Å². The van der Waals surface area contributed by atoms with Gasteiger partial charge in [0.15, 0.2) is 0 Å². The number of hydrogen-bond donors (Lipinski definition) is 0. The molecular weight excluding hydrogens is 138 g/mol. The molecule has 0 N–H and O–H groups in total. The molecular formula is C2H5ClSe. The van der Waals surface area contributed by atoms with Gasteiger partial charge in [0.2, 0.25) is 0 Å². The van der Waals surface area contributed by atoms with E-state index in [2.05, 4.69) is 5.82 Å². The second-order valence-electron chi connectivity index (χ2n) is 0.398. The zero-order chi connectivity index (χ0) is 3.41. The maximum absolute atomic E-state index is 5.21. The standard InChI is InChI=1S/C2H5ClSe/c1-4-2-3/h2H2,1H3. The molecule has 0 saturated carbocycles. The first kappa shape index (κ1) is 4.81. The minimum absolute atomic E-state index is 0.682. The van der Waals surface area contributed by atoms with Crippen LogP contribution in [-0.2, 0) is 0 Å². The Labute approximate surface area is 37.7 Å². The quantitative estimate of drug-likeness (QED) is 0.379. The van der Waals surface area contributed by atoms with Crippen LogP contribution < -0.4 is 0 Å². The van der Waals surface area contributed by atoms with Crippen molar-refractivity contribution < 1.29 is 0 Å². The third kappa shape index (κ3) is 2.81. The van der Waals surface area contributed by atoms with Crippen LogP contribution in [0.25, 0.3) is 0 Å². The van der Waals surface area contributed by atoms with Crippen LogP contribution in [0, 0.1) is 0 Å². The zero-order valence-electron chi connectivity index (χ0n) is 2.49. The minimum atomic E-state index is 0.682. The number of halogens is 1. The van der Waals surface area contributed by atoms with Crippen LogP contribution in [0.1, 0.15) is 0 Å². The van der Waals surface area contributed by atoms with E-state index in [4.69, 9.17) is 11.6 Å². The molecule has 0 bridgehead atoms. The number of alkyl halides is 1. The second-order valence-corrected chi connectivity index (χ2v) is 3.20. The molecule has 0 aromatic heterocycles. The van der Waals surface area contributed by atoms with E-state index in [-0.39, 0.29) is 0 Å². The Morgan fingerprint density at radius 1 is 2.00 bits per heavy atom.